The minimum atomic E-state index is -4.47. The largest absolute Gasteiger partial charge is 0.493 e. The van der Waals surface area contributed by atoms with Crippen molar-refractivity contribution in [1.82, 2.24) is 5.32 Å². The van der Waals surface area contributed by atoms with E-state index in [0.29, 0.717) is 11.5 Å². The van der Waals surface area contributed by atoms with E-state index in [4.69, 9.17) is 14.2 Å². The number of para-hydroxylation sites is 2. The second kappa shape index (κ2) is 9.16. The maximum Gasteiger partial charge on any atom is 0.416 e. The van der Waals surface area contributed by atoms with Gasteiger partial charge in [0, 0.05) is 0 Å². The molecular weight excluding hydrogens is 363 g/mol. The van der Waals surface area contributed by atoms with E-state index < -0.39 is 24.3 Å². The lowest BCUT2D eigenvalue weighted by molar-refractivity contribution is -0.137. The molecule has 0 saturated carbocycles. The molecule has 146 valence electrons. The van der Waals surface area contributed by atoms with E-state index in [-0.39, 0.29) is 18.4 Å². The average molecular weight is 383 g/mol. The quantitative estimate of drug-likeness (QED) is 0.756. The summed E-state index contributed by atoms with van der Waals surface area (Å²) in [6.07, 6.45) is -4.47. The molecule has 0 fully saturated rings. The molecule has 2 aromatic carbocycles. The van der Waals surface area contributed by atoms with Gasteiger partial charge in [-0.2, -0.15) is 13.2 Å². The molecule has 0 aliphatic heterocycles. The summed E-state index contributed by atoms with van der Waals surface area (Å²) in [4.78, 5) is 11.9. The number of halogens is 3. The monoisotopic (exact) mass is 383 g/mol. The van der Waals surface area contributed by atoms with Crippen LogP contribution in [-0.4, -0.2) is 32.3 Å². The van der Waals surface area contributed by atoms with Gasteiger partial charge in [0.15, 0.2) is 18.1 Å². The van der Waals surface area contributed by atoms with E-state index in [1.807, 2.05) is 6.07 Å². The zero-order chi connectivity index (χ0) is 19.9. The van der Waals surface area contributed by atoms with Crippen molar-refractivity contribution in [2.24, 2.45) is 0 Å². The molecule has 0 aliphatic rings. The highest BCUT2D eigenvalue weighted by atomic mass is 19.4. The average Bonchev–Trinajstić information content (AvgIpc) is 2.64. The first-order valence-electron chi connectivity index (χ1n) is 8.15. The van der Waals surface area contributed by atoms with Crippen LogP contribution in [-0.2, 0) is 11.0 Å². The fourth-order valence-corrected chi connectivity index (χ4v) is 2.22. The van der Waals surface area contributed by atoms with E-state index in [1.165, 1.54) is 19.2 Å². The molecule has 0 radical (unpaired) electrons. The minimum absolute atomic E-state index is 0.0297. The second-order valence-corrected chi connectivity index (χ2v) is 5.74. The third-order valence-electron chi connectivity index (χ3n) is 3.50. The Morgan fingerprint density at radius 2 is 1.78 bits per heavy atom. The number of carbonyl (C=O) groups excluding carboxylic acids is 1. The number of rotatable bonds is 8. The number of benzene rings is 2. The molecule has 2 rings (SSSR count). The molecule has 0 saturated heterocycles. The van der Waals surface area contributed by atoms with E-state index in [9.17, 15) is 18.0 Å². The topological polar surface area (TPSA) is 56.8 Å². The van der Waals surface area contributed by atoms with Gasteiger partial charge in [-0.05, 0) is 37.3 Å². The Kier molecular flexibility index (Phi) is 6.92. The summed E-state index contributed by atoms with van der Waals surface area (Å²) < 4.78 is 53.9. The highest BCUT2D eigenvalue weighted by Crippen LogP contribution is 2.31. The molecule has 1 N–H and O–H groups in total. The maximum atomic E-state index is 12.7. The number of amides is 1. The Morgan fingerprint density at radius 3 is 2.44 bits per heavy atom. The van der Waals surface area contributed by atoms with Crippen LogP contribution in [0, 0.1) is 0 Å². The van der Waals surface area contributed by atoms with E-state index in [0.717, 1.165) is 12.1 Å². The fourth-order valence-electron chi connectivity index (χ4n) is 2.22. The van der Waals surface area contributed by atoms with Gasteiger partial charge in [0.05, 0.1) is 18.7 Å². The van der Waals surface area contributed by atoms with Crippen molar-refractivity contribution in [1.29, 1.82) is 0 Å². The van der Waals surface area contributed by atoms with E-state index >= 15 is 0 Å². The van der Waals surface area contributed by atoms with Crippen molar-refractivity contribution in [2.45, 2.75) is 19.1 Å². The van der Waals surface area contributed by atoms with E-state index in [2.05, 4.69) is 5.32 Å². The molecule has 1 amide bonds. The smallest absolute Gasteiger partial charge is 0.416 e. The van der Waals surface area contributed by atoms with Gasteiger partial charge >= 0.3 is 6.18 Å². The molecule has 0 heterocycles. The van der Waals surface area contributed by atoms with Crippen LogP contribution < -0.4 is 19.5 Å². The Balaban J connectivity index is 1.80. The summed E-state index contributed by atoms with van der Waals surface area (Å²) in [5.41, 5.74) is -0.834. The lowest BCUT2D eigenvalue weighted by Gasteiger charge is -2.17. The first-order chi connectivity index (χ1) is 12.8. The molecule has 5 nitrogen and oxygen atoms in total. The summed E-state index contributed by atoms with van der Waals surface area (Å²) in [5, 5.41) is 2.65. The van der Waals surface area contributed by atoms with Gasteiger partial charge in [-0.1, -0.05) is 18.2 Å². The molecule has 8 heteroatoms. The van der Waals surface area contributed by atoms with Crippen LogP contribution in [0.25, 0.3) is 0 Å². The zero-order valence-electron chi connectivity index (χ0n) is 14.9. The van der Waals surface area contributed by atoms with Crippen molar-refractivity contribution in [3.05, 3.63) is 54.1 Å². The third kappa shape index (κ3) is 6.40. The van der Waals surface area contributed by atoms with Crippen LogP contribution in [0.3, 0.4) is 0 Å². The first kappa shape index (κ1) is 20.4. The van der Waals surface area contributed by atoms with Crippen LogP contribution in [0.4, 0.5) is 13.2 Å². The Hall–Kier alpha value is -2.90. The predicted molar refractivity (Wildman–Crippen MR) is 93.0 cm³/mol. The van der Waals surface area contributed by atoms with Gasteiger partial charge in [0.1, 0.15) is 12.4 Å². The summed E-state index contributed by atoms with van der Waals surface area (Å²) in [6, 6.07) is 11.1. The summed E-state index contributed by atoms with van der Waals surface area (Å²) in [6.45, 7) is 1.52. The zero-order valence-corrected chi connectivity index (χ0v) is 14.9. The number of methoxy groups -OCH3 is 1. The highest BCUT2D eigenvalue weighted by Gasteiger charge is 2.30. The minimum Gasteiger partial charge on any atom is -0.493 e. The van der Waals surface area contributed by atoms with Crippen molar-refractivity contribution in [3.8, 4) is 17.2 Å². The Morgan fingerprint density at radius 1 is 1.07 bits per heavy atom. The number of alkyl halides is 3. The molecule has 0 spiro atoms. The van der Waals surface area contributed by atoms with Gasteiger partial charge in [0.25, 0.3) is 5.91 Å². The molecule has 27 heavy (non-hydrogen) atoms. The SMILES string of the molecule is COc1ccccc1OC[C@@H](C)NC(=O)COc1cccc(C(F)(F)F)c1. The molecule has 0 aromatic heterocycles. The van der Waals surface area contributed by atoms with Crippen molar-refractivity contribution in [3.63, 3.8) is 0 Å². The van der Waals surface area contributed by atoms with Crippen LogP contribution >= 0.6 is 0 Å². The van der Waals surface area contributed by atoms with Gasteiger partial charge in [-0.25, -0.2) is 0 Å². The fraction of sp³-hybridized carbons (Fsp3) is 0.316. The lowest BCUT2D eigenvalue weighted by Crippen LogP contribution is -2.39. The number of hydrogen-bond donors (Lipinski definition) is 1. The van der Waals surface area contributed by atoms with Gasteiger partial charge in [-0.3, -0.25) is 4.79 Å². The van der Waals surface area contributed by atoms with Gasteiger partial charge in [0.2, 0.25) is 0 Å². The summed E-state index contributed by atoms with van der Waals surface area (Å²) in [7, 11) is 1.53. The normalized spacial score (nSPS) is 12.2. The molecule has 0 aliphatic carbocycles. The highest BCUT2D eigenvalue weighted by molar-refractivity contribution is 5.77. The lowest BCUT2D eigenvalue weighted by atomic mass is 10.2. The first-order valence-corrected chi connectivity index (χ1v) is 8.15. The molecule has 1 atom stereocenters. The number of nitrogens with one attached hydrogen (secondary N) is 1. The standard InChI is InChI=1S/C19H20F3NO4/c1-13(11-27-17-9-4-3-8-16(17)25-2)23-18(24)12-26-15-7-5-6-14(10-15)19(20,21)22/h3-10,13H,11-12H2,1-2H3,(H,23,24)/t13-/m1/s1. The summed E-state index contributed by atoms with van der Waals surface area (Å²) in [5.74, 6) is 0.617. The second-order valence-electron chi connectivity index (χ2n) is 5.74. The summed E-state index contributed by atoms with van der Waals surface area (Å²) >= 11 is 0. The van der Waals surface area contributed by atoms with Crippen molar-refractivity contribution >= 4 is 5.91 Å². The molecule has 0 unspecified atom stereocenters. The Bertz CT molecular complexity index is 765. The number of hydrogen-bond acceptors (Lipinski definition) is 4. The van der Waals surface area contributed by atoms with Gasteiger partial charge in [-0.15, -0.1) is 0 Å². The van der Waals surface area contributed by atoms with Crippen LogP contribution in [0.15, 0.2) is 48.5 Å². The van der Waals surface area contributed by atoms with E-state index in [1.54, 1.807) is 25.1 Å². The molecule has 0 bridgehead atoms. The van der Waals surface area contributed by atoms with Crippen molar-refractivity contribution in [2.75, 3.05) is 20.3 Å². The van der Waals surface area contributed by atoms with Gasteiger partial charge < -0.3 is 19.5 Å². The van der Waals surface area contributed by atoms with Crippen molar-refractivity contribution < 1.29 is 32.2 Å². The Labute approximate surface area is 155 Å². The number of ether oxygens (including phenoxy) is 3. The van der Waals surface area contributed by atoms with Crippen LogP contribution in [0.1, 0.15) is 12.5 Å². The maximum absolute atomic E-state index is 12.7. The van der Waals surface area contributed by atoms with Crippen LogP contribution in [0.5, 0.6) is 17.2 Å². The predicted octanol–water partition coefficient (Wildman–Crippen LogP) is 3.68. The number of carbonyl (C=O) groups is 1. The third-order valence-corrected chi connectivity index (χ3v) is 3.50. The molecular formula is C19H20F3NO4. The molecule has 2 aromatic rings. The van der Waals surface area contributed by atoms with Crippen LogP contribution in [0.2, 0.25) is 0 Å².